The highest BCUT2D eigenvalue weighted by Crippen LogP contribution is 2.47. The van der Waals surface area contributed by atoms with Gasteiger partial charge < -0.3 is 28.4 Å². The Balaban J connectivity index is 1.49. The zero-order valence-corrected chi connectivity index (χ0v) is 16.3. The second kappa shape index (κ2) is 11.0. The maximum atomic E-state index is 8.12. The van der Waals surface area contributed by atoms with Gasteiger partial charge in [0.25, 0.3) is 0 Å². The van der Waals surface area contributed by atoms with Crippen molar-refractivity contribution in [3.63, 3.8) is 0 Å². The van der Waals surface area contributed by atoms with Crippen molar-refractivity contribution in [2.24, 2.45) is 5.11 Å². The summed E-state index contributed by atoms with van der Waals surface area (Å²) >= 11 is 0. The van der Waals surface area contributed by atoms with Crippen molar-refractivity contribution in [3.05, 3.63) is 23.1 Å². The third kappa shape index (κ3) is 7.38. The van der Waals surface area contributed by atoms with E-state index in [4.69, 9.17) is 34.0 Å². The van der Waals surface area contributed by atoms with Crippen molar-refractivity contribution in [2.75, 3.05) is 59.4 Å². The number of rotatable bonds is 14. The molecule has 0 saturated carbocycles. The molecule has 0 N–H and O–H groups in total. The fourth-order valence-electron chi connectivity index (χ4n) is 3.30. The van der Waals surface area contributed by atoms with E-state index in [-0.39, 0.29) is 23.4 Å². The van der Waals surface area contributed by atoms with Gasteiger partial charge in [0.2, 0.25) is 0 Å². The fourth-order valence-corrected chi connectivity index (χ4v) is 3.30. The molecule has 0 aromatic heterocycles. The molecule has 3 atom stereocenters. The molecule has 0 radical (unpaired) electrons. The van der Waals surface area contributed by atoms with Gasteiger partial charge in [-0.25, -0.2) is 0 Å². The first-order valence-corrected chi connectivity index (χ1v) is 9.33. The molecule has 27 heavy (non-hydrogen) atoms. The second-order valence-corrected chi connectivity index (χ2v) is 7.19. The Morgan fingerprint density at radius 1 is 1.11 bits per heavy atom. The van der Waals surface area contributed by atoms with Crippen molar-refractivity contribution >= 4 is 0 Å². The molecular weight excluding hydrogens is 354 g/mol. The molecule has 0 aromatic rings. The minimum Gasteiger partial charge on any atom is -0.379 e. The highest BCUT2D eigenvalue weighted by molar-refractivity contribution is 5.13. The van der Waals surface area contributed by atoms with Crippen LogP contribution in [-0.2, 0) is 28.4 Å². The molecule has 2 heterocycles. The van der Waals surface area contributed by atoms with Crippen LogP contribution in [0.25, 0.3) is 10.4 Å². The number of hydrogen-bond acceptors (Lipinski definition) is 7. The van der Waals surface area contributed by atoms with Crippen LogP contribution in [0, 0.1) is 0 Å². The number of ether oxygens (including phenoxy) is 6. The first-order valence-electron chi connectivity index (χ1n) is 9.33. The molecule has 2 aliphatic rings. The maximum Gasteiger partial charge on any atom is 0.123 e. The van der Waals surface area contributed by atoms with Crippen molar-refractivity contribution in [3.8, 4) is 0 Å². The topological polar surface area (TPSA) is 107 Å². The molecule has 0 aromatic carbocycles. The van der Waals surface area contributed by atoms with Gasteiger partial charge in [0.05, 0.1) is 58.5 Å². The van der Waals surface area contributed by atoms with Crippen LogP contribution in [0.15, 0.2) is 17.8 Å². The van der Waals surface area contributed by atoms with Crippen molar-refractivity contribution in [2.45, 2.75) is 43.7 Å². The van der Waals surface area contributed by atoms with Crippen LogP contribution in [0.1, 0.15) is 20.3 Å². The van der Waals surface area contributed by atoms with E-state index in [1.54, 1.807) is 6.08 Å². The number of azide groups is 1. The first kappa shape index (κ1) is 22.1. The van der Waals surface area contributed by atoms with Crippen LogP contribution in [0.3, 0.4) is 0 Å². The van der Waals surface area contributed by atoms with Gasteiger partial charge in [0.15, 0.2) is 0 Å². The zero-order valence-electron chi connectivity index (χ0n) is 16.3. The molecule has 9 nitrogen and oxygen atoms in total. The second-order valence-electron chi connectivity index (χ2n) is 7.19. The highest BCUT2D eigenvalue weighted by atomic mass is 16.6. The molecule has 2 saturated heterocycles. The van der Waals surface area contributed by atoms with Crippen molar-refractivity contribution in [1.82, 2.24) is 0 Å². The lowest BCUT2D eigenvalue weighted by molar-refractivity contribution is -0.191. The summed E-state index contributed by atoms with van der Waals surface area (Å²) in [5.41, 5.74) is 7.63. The van der Waals surface area contributed by atoms with E-state index in [9.17, 15) is 0 Å². The third-order valence-electron chi connectivity index (χ3n) is 4.41. The van der Waals surface area contributed by atoms with E-state index in [1.807, 2.05) is 0 Å². The summed E-state index contributed by atoms with van der Waals surface area (Å²) in [7, 11) is 0. The Bertz CT molecular complexity index is 505. The number of nitrogens with zero attached hydrogens (tertiary/aromatic N) is 3. The maximum absolute atomic E-state index is 8.12. The smallest absolute Gasteiger partial charge is 0.123 e. The molecule has 1 spiro atoms. The summed E-state index contributed by atoms with van der Waals surface area (Å²) < 4.78 is 33.9. The largest absolute Gasteiger partial charge is 0.379 e. The van der Waals surface area contributed by atoms with E-state index in [1.165, 1.54) is 0 Å². The van der Waals surface area contributed by atoms with Crippen molar-refractivity contribution in [1.29, 1.82) is 0 Å². The van der Waals surface area contributed by atoms with E-state index in [0.717, 1.165) is 6.42 Å². The fraction of sp³-hybridized carbons (Fsp3) is 0.889. The highest BCUT2D eigenvalue weighted by Gasteiger charge is 2.61. The van der Waals surface area contributed by atoms with Gasteiger partial charge >= 0.3 is 0 Å². The quantitative estimate of drug-likeness (QED) is 0.113. The molecule has 154 valence electrons. The predicted octanol–water partition coefficient (Wildman–Crippen LogP) is 2.25. The number of hydrogen-bond donors (Lipinski definition) is 0. The van der Waals surface area contributed by atoms with Gasteiger partial charge in [0, 0.05) is 17.9 Å². The zero-order chi connectivity index (χ0) is 19.6. The molecule has 0 unspecified atom stereocenters. The summed E-state index contributed by atoms with van der Waals surface area (Å²) in [6.07, 6.45) is 2.27. The summed E-state index contributed by atoms with van der Waals surface area (Å²) in [5, 5.41) is 3.37. The Labute approximate surface area is 160 Å². The standard InChI is InChI=1S/C18H31N3O6/c1-4-15-16(18(14-26-18)13-17(2,3)27-15)25-12-11-24-10-9-23-8-7-22-6-5-20-21-19/h4,15-16H,1,5-14H2,2-3H3/t15-,16-,18-/m1/s1. The van der Waals surface area contributed by atoms with Crippen LogP contribution >= 0.6 is 0 Å². The van der Waals surface area contributed by atoms with Gasteiger partial charge in [-0.05, 0) is 19.4 Å². The summed E-state index contributed by atoms with van der Waals surface area (Å²) in [4.78, 5) is 2.64. The van der Waals surface area contributed by atoms with Crippen LogP contribution < -0.4 is 0 Å². The van der Waals surface area contributed by atoms with Crippen LogP contribution in [0.5, 0.6) is 0 Å². The lowest BCUT2D eigenvalue weighted by atomic mass is 9.83. The molecule has 0 amide bonds. The summed E-state index contributed by atoms with van der Waals surface area (Å²) in [5.74, 6) is 0. The van der Waals surface area contributed by atoms with Gasteiger partial charge in [-0.15, -0.1) is 6.58 Å². The van der Waals surface area contributed by atoms with Crippen LogP contribution in [0.4, 0.5) is 0 Å². The minimum absolute atomic E-state index is 0.148. The molecule has 2 fully saturated rings. The van der Waals surface area contributed by atoms with E-state index in [0.29, 0.717) is 59.4 Å². The van der Waals surface area contributed by atoms with Crippen LogP contribution in [0.2, 0.25) is 0 Å². The van der Waals surface area contributed by atoms with Crippen molar-refractivity contribution < 1.29 is 28.4 Å². The van der Waals surface area contributed by atoms with Gasteiger partial charge in [-0.2, -0.15) is 0 Å². The average molecular weight is 385 g/mol. The monoisotopic (exact) mass is 385 g/mol. The molecule has 0 aliphatic carbocycles. The Morgan fingerprint density at radius 2 is 1.70 bits per heavy atom. The minimum atomic E-state index is -0.248. The lowest BCUT2D eigenvalue weighted by Crippen LogP contribution is -2.55. The molecular formula is C18H31N3O6. The predicted molar refractivity (Wildman–Crippen MR) is 98.7 cm³/mol. The third-order valence-corrected chi connectivity index (χ3v) is 4.41. The van der Waals surface area contributed by atoms with Gasteiger partial charge in [-0.3, -0.25) is 0 Å². The summed E-state index contributed by atoms with van der Waals surface area (Å²) in [6.45, 7) is 12.3. The van der Waals surface area contributed by atoms with E-state index >= 15 is 0 Å². The molecule has 9 heteroatoms. The SMILES string of the molecule is C=C[C@H]1OC(C)(C)C[C@@]2(CO2)[C@@H]1OCCOCCOCCOCCN=[N+]=[N-]. The Kier molecular flexibility index (Phi) is 8.98. The molecule has 2 aliphatic heterocycles. The molecule has 0 bridgehead atoms. The Morgan fingerprint density at radius 3 is 2.26 bits per heavy atom. The summed E-state index contributed by atoms with van der Waals surface area (Å²) in [6, 6.07) is 0. The van der Waals surface area contributed by atoms with E-state index < -0.39 is 0 Å². The van der Waals surface area contributed by atoms with Crippen LogP contribution in [-0.4, -0.2) is 82.8 Å². The molecule has 2 rings (SSSR count). The average Bonchev–Trinajstić information content (AvgIpc) is 3.38. The normalized spacial score (nSPS) is 28.7. The lowest BCUT2D eigenvalue weighted by Gasteiger charge is -2.43. The van der Waals surface area contributed by atoms with Gasteiger partial charge in [-0.1, -0.05) is 11.2 Å². The first-order chi connectivity index (χ1) is 13.0. The van der Waals surface area contributed by atoms with Gasteiger partial charge in [0.1, 0.15) is 17.8 Å². The van der Waals surface area contributed by atoms with E-state index in [2.05, 4.69) is 30.5 Å². The number of epoxide rings is 1. The Hall–Kier alpha value is -1.19.